The van der Waals surface area contributed by atoms with Crippen molar-refractivity contribution in [3.63, 3.8) is 0 Å². The molecule has 32 heavy (non-hydrogen) atoms. The number of aryl methyl sites for hydroxylation is 1. The van der Waals surface area contributed by atoms with E-state index in [0.717, 1.165) is 36.8 Å². The van der Waals surface area contributed by atoms with Crippen LogP contribution in [0.4, 0.5) is 5.69 Å². The molecule has 2 aromatic rings. The minimum atomic E-state index is -0.482. The first-order valence-corrected chi connectivity index (χ1v) is 11.1. The number of nitrogens with zero attached hydrogens (tertiary/aromatic N) is 1. The SMILES string of the molecule is CC(=O)N/C(=C\c1ccccc1C)C(=O)Nc1ccccc1C(=O)N(C)C1CCCCC1. The van der Waals surface area contributed by atoms with Gasteiger partial charge in [-0.1, -0.05) is 55.7 Å². The molecule has 0 aromatic heterocycles. The van der Waals surface area contributed by atoms with Crippen molar-refractivity contribution in [1.29, 1.82) is 0 Å². The molecule has 1 aliphatic rings. The van der Waals surface area contributed by atoms with Crippen molar-refractivity contribution < 1.29 is 14.4 Å². The van der Waals surface area contributed by atoms with Gasteiger partial charge in [0.2, 0.25) is 5.91 Å². The zero-order valence-corrected chi connectivity index (χ0v) is 19.0. The van der Waals surface area contributed by atoms with Crippen LogP contribution in [0.2, 0.25) is 0 Å². The molecule has 3 amide bonds. The third kappa shape index (κ3) is 5.84. The number of para-hydroxylation sites is 1. The van der Waals surface area contributed by atoms with E-state index in [4.69, 9.17) is 0 Å². The fourth-order valence-electron chi connectivity index (χ4n) is 4.04. The molecule has 1 aliphatic carbocycles. The Labute approximate surface area is 189 Å². The third-order valence-corrected chi connectivity index (χ3v) is 5.89. The van der Waals surface area contributed by atoms with E-state index >= 15 is 0 Å². The van der Waals surface area contributed by atoms with Crippen molar-refractivity contribution in [2.75, 3.05) is 12.4 Å². The van der Waals surface area contributed by atoms with Crippen molar-refractivity contribution in [3.8, 4) is 0 Å². The van der Waals surface area contributed by atoms with Gasteiger partial charge in [-0.25, -0.2) is 0 Å². The predicted molar refractivity (Wildman–Crippen MR) is 127 cm³/mol. The van der Waals surface area contributed by atoms with Gasteiger partial charge in [-0.05, 0) is 49.1 Å². The van der Waals surface area contributed by atoms with Crippen LogP contribution in [0.5, 0.6) is 0 Å². The summed E-state index contributed by atoms with van der Waals surface area (Å²) < 4.78 is 0. The summed E-state index contributed by atoms with van der Waals surface area (Å²) in [6, 6.07) is 14.8. The Balaban J connectivity index is 1.85. The topological polar surface area (TPSA) is 78.5 Å². The second kappa shape index (κ2) is 10.8. The number of carbonyl (C=O) groups is 3. The van der Waals surface area contributed by atoms with Gasteiger partial charge in [0.1, 0.15) is 5.70 Å². The molecule has 0 spiro atoms. The lowest BCUT2D eigenvalue weighted by atomic mass is 9.94. The number of benzene rings is 2. The Morgan fingerprint density at radius 3 is 2.31 bits per heavy atom. The summed E-state index contributed by atoms with van der Waals surface area (Å²) in [6.07, 6.45) is 7.12. The van der Waals surface area contributed by atoms with Gasteiger partial charge < -0.3 is 15.5 Å². The van der Waals surface area contributed by atoms with Crippen molar-refractivity contribution in [2.45, 2.75) is 52.0 Å². The molecule has 1 saturated carbocycles. The molecule has 1 fully saturated rings. The lowest BCUT2D eigenvalue weighted by Crippen LogP contribution is -2.38. The molecule has 168 valence electrons. The van der Waals surface area contributed by atoms with Gasteiger partial charge in [0, 0.05) is 20.0 Å². The van der Waals surface area contributed by atoms with E-state index in [1.54, 1.807) is 35.2 Å². The van der Waals surface area contributed by atoms with E-state index in [0.29, 0.717) is 11.3 Å². The van der Waals surface area contributed by atoms with Gasteiger partial charge in [-0.3, -0.25) is 14.4 Å². The van der Waals surface area contributed by atoms with Gasteiger partial charge in [0.05, 0.1) is 11.3 Å². The van der Waals surface area contributed by atoms with Crippen LogP contribution in [0, 0.1) is 6.92 Å². The number of hydrogen-bond donors (Lipinski definition) is 2. The Morgan fingerprint density at radius 1 is 0.969 bits per heavy atom. The van der Waals surface area contributed by atoms with Crippen LogP contribution in [0.3, 0.4) is 0 Å². The van der Waals surface area contributed by atoms with Crippen molar-refractivity contribution in [3.05, 3.63) is 70.9 Å². The van der Waals surface area contributed by atoms with Crippen LogP contribution >= 0.6 is 0 Å². The summed E-state index contributed by atoms with van der Waals surface area (Å²) in [5.74, 6) is -0.942. The first-order chi connectivity index (χ1) is 15.4. The van der Waals surface area contributed by atoms with E-state index in [1.807, 2.05) is 38.2 Å². The first kappa shape index (κ1) is 23.3. The summed E-state index contributed by atoms with van der Waals surface area (Å²) in [6.45, 7) is 3.29. The molecule has 6 nitrogen and oxygen atoms in total. The summed E-state index contributed by atoms with van der Waals surface area (Å²) in [7, 11) is 1.83. The number of carbonyl (C=O) groups excluding carboxylic acids is 3. The number of rotatable bonds is 6. The molecule has 0 bridgehead atoms. The van der Waals surface area contributed by atoms with Crippen molar-refractivity contribution in [2.24, 2.45) is 0 Å². The van der Waals surface area contributed by atoms with E-state index in [-0.39, 0.29) is 23.6 Å². The number of amides is 3. The van der Waals surface area contributed by atoms with Crippen LogP contribution in [0.1, 0.15) is 60.5 Å². The van der Waals surface area contributed by atoms with Gasteiger partial charge in [0.15, 0.2) is 0 Å². The summed E-state index contributed by atoms with van der Waals surface area (Å²) >= 11 is 0. The molecule has 0 aliphatic heterocycles. The quantitative estimate of drug-likeness (QED) is 0.658. The van der Waals surface area contributed by atoms with Gasteiger partial charge in [0.25, 0.3) is 11.8 Å². The minimum absolute atomic E-state index is 0.114. The Kier molecular flexibility index (Phi) is 7.82. The van der Waals surface area contributed by atoms with Gasteiger partial charge in [-0.15, -0.1) is 0 Å². The molecule has 2 aromatic carbocycles. The van der Waals surface area contributed by atoms with Crippen LogP contribution in [0.15, 0.2) is 54.2 Å². The predicted octanol–water partition coefficient (Wildman–Crippen LogP) is 4.52. The second-order valence-corrected chi connectivity index (χ2v) is 8.30. The molecule has 2 N–H and O–H groups in total. The maximum Gasteiger partial charge on any atom is 0.272 e. The monoisotopic (exact) mass is 433 g/mol. The molecule has 3 rings (SSSR count). The zero-order chi connectivity index (χ0) is 23.1. The average Bonchev–Trinajstić information content (AvgIpc) is 2.79. The lowest BCUT2D eigenvalue weighted by molar-refractivity contribution is -0.120. The standard InChI is InChI=1S/C26H31N3O3/c1-18-11-7-8-12-20(18)17-24(27-19(2)30)25(31)28-23-16-10-9-15-22(23)26(32)29(3)21-13-5-4-6-14-21/h7-12,15-17,21H,4-6,13-14H2,1-3H3,(H,27,30)(H,28,31)/b24-17-. The zero-order valence-electron chi connectivity index (χ0n) is 19.0. The van der Waals surface area contributed by atoms with E-state index in [1.165, 1.54) is 13.3 Å². The summed E-state index contributed by atoms with van der Waals surface area (Å²) in [5, 5.41) is 5.44. The maximum atomic E-state index is 13.2. The van der Waals surface area contributed by atoms with E-state index < -0.39 is 5.91 Å². The highest BCUT2D eigenvalue weighted by Crippen LogP contribution is 2.25. The van der Waals surface area contributed by atoms with Gasteiger partial charge >= 0.3 is 0 Å². The van der Waals surface area contributed by atoms with Crippen molar-refractivity contribution >= 4 is 29.5 Å². The molecule has 0 radical (unpaired) electrons. The fourth-order valence-corrected chi connectivity index (χ4v) is 4.04. The molecule has 0 heterocycles. The van der Waals surface area contributed by atoms with E-state index in [9.17, 15) is 14.4 Å². The van der Waals surface area contributed by atoms with Crippen molar-refractivity contribution in [1.82, 2.24) is 10.2 Å². The molecule has 0 saturated heterocycles. The first-order valence-electron chi connectivity index (χ1n) is 11.1. The molecule has 0 atom stereocenters. The van der Waals surface area contributed by atoms with Crippen LogP contribution in [-0.2, 0) is 9.59 Å². The van der Waals surface area contributed by atoms with Crippen LogP contribution in [0.25, 0.3) is 6.08 Å². The lowest BCUT2D eigenvalue weighted by Gasteiger charge is -2.31. The molecular formula is C26H31N3O3. The maximum absolute atomic E-state index is 13.2. The summed E-state index contributed by atoms with van der Waals surface area (Å²) in [4.78, 5) is 39.8. The highest BCUT2D eigenvalue weighted by atomic mass is 16.2. The van der Waals surface area contributed by atoms with Crippen LogP contribution < -0.4 is 10.6 Å². The molecular weight excluding hydrogens is 402 g/mol. The third-order valence-electron chi connectivity index (χ3n) is 5.89. The Bertz CT molecular complexity index is 1020. The number of nitrogens with one attached hydrogen (secondary N) is 2. The van der Waals surface area contributed by atoms with E-state index in [2.05, 4.69) is 10.6 Å². The molecule has 0 unspecified atom stereocenters. The second-order valence-electron chi connectivity index (χ2n) is 8.30. The minimum Gasteiger partial charge on any atom is -0.339 e. The fraction of sp³-hybridized carbons (Fsp3) is 0.346. The highest BCUT2D eigenvalue weighted by molar-refractivity contribution is 6.11. The normalized spacial score (nSPS) is 14.5. The Morgan fingerprint density at radius 2 is 1.62 bits per heavy atom. The summed E-state index contributed by atoms with van der Waals surface area (Å²) in [5.41, 5.74) is 2.79. The average molecular weight is 434 g/mol. The largest absolute Gasteiger partial charge is 0.339 e. The number of hydrogen-bond acceptors (Lipinski definition) is 3. The smallest absolute Gasteiger partial charge is 0.272 e. The van der Waals surface area contributed by atoms with Gasteiger partial charge in [-0.2, -0.15) is 0 Å². The van der Waals surface area contributed by atoms with Crippen LogP contribution in [-0.4, -0.2) is 35.7 Å². The number of anilines is 1. The highest BCUT2D eigenvalue weighted by Gasteiger charge is 2.25. The Hall–Kier alpha value is -3.41. The molecule has 6 heteroatoms.